The Morgan fingerprint density at radius 2 is 1.95 bits per heavy atom. The molecule has 1 atom stereocenters. The van der Waals surface area contributed by atoms with Crippen molar-refractivity contribution in [2.24, 2.45) is 0 Å². The number of fused-ring (bicyclic) bond motifs is 1. The zero-order chi connectivity index (χ0) is 14.8. The van der Waals surface area contributed by atoms with E-state index in [0.29, 0.717) is 17.1 Å². The lowest BCUT2D eigenvalue weighted by Gasteiger charge is -2.34. The van der Waals surface area contributed by atoms with Crippen molar-refractivity contribution in [2.75, 3.05) is 11.4 Å². The van der Waals surface area contributed by atoms with Gasteiger partial charge in [0.05, 0.1) is 12.2 Å². The van der Waals surface area contributed by atoms with Gasteiger partial charge in [-0.1, -0.05) is 30.7 Å². The van der Waals surface area contributed by atoms with Crippen LogP contribution in [0.5, 0.6) is 5.75 Å². The van der Waals surface area contributed by atoms with E-state index >= 15 is 0 Å². The topological polar surface area (TPSA) is 29.5 Å². The molecule has 0 fully saturated rings. The lowest BCUT2D eigenvalue weighted by molar-refractivity contribution is 0.0954. The van der Waals surface area contributed by atoms with Crippen LogP contribution in [0.25, 0.3) is 0 Å². The van der Waals surface area contributed by atoms with Gasteiger partial charge in [0.1, 0.15) is 11.9 Å². The molecule has 0 radical (unpaired) electrons. The molecule has 108 valence electrons. The maximum absolute atomic E-state index is 12.8. The molecule has 1 aliphatic rings. The standard InChI is InChI=1S/C17H16ClNO2/c1-2-14-11-19(15-5-3-4-6-16(15)21-14)17(20)12-7-9-13(18)10-8-12/h3-10,14H,2,11H2,1H3. The van der Waals surface area contributed by atoms with Crippen LogP contribution in [0.1, 0.15) is 23.7 Å². The molecule has 21 heavy (non-hydrogen) atoms. The Morgan fingerprint density at radius 3 is 2.67 bits per heavy atom. The van der Waals surface area contributed by atoms with E-state index in [0.717, 1.165) is 17.9 Å². The number of hydrogen-bond acceptors (Lipinski definition) is 2. The molecule has 1 unspecified atom stereocenters. The zero-order valence-electron chi connectivity index (χ0n) is 11.8. The van der Waals surface area contributed by atoms with Gasteiger partial charge in [0, 0.05) is 10.6 Å². The molecule has 0 saturated carbocycles. The highest BCUT2D eigenvalue weighted by molar-refractivity contribution is 6.30. The van der Waals surface area contributed by atoms with Gasteiger partial charge in [-0.3, -0.25) is 4.79 Å². The minimum atomic E-state index is -0.0270. The van der Waals surface area contributed by atoms with E-state index in [-0.39, 0.29) is 12.0 Å². The second kappa shape index (κ2) is 5.78. The quantitative estimate of drug-likeness (QED) is 0.833. The van der Waals surface area contributed by atoms with Crippen molar-refractivity contribution in [1.29, 1.82) is 0 Å². The molecule has 4 heteroatoms. The van der Waals surface area contributed by atoms with Crippen LogP contribution >= 0.6 is 11.6 Å². The van der Waals surface area contributed by atoms with E-state index in [4.69, 9.17) is 16.3 Å². The Kier molecular flexibility index (Phi) is 3.84. The van der Waals surface area contributed by atoms with Crippen molar-refractivity contribution in [3.63, 3.8) is 0 Å². The summed E-state index contributed by atoms with van der Waals surface area (Å²) in [5.74, 6) is 0.735. The summed E-state index contributed by atoms with van der Waals surface area (Å²) in [6.07, 6.45) is 0.884. The second-order valence-corrected chi connectivity index (χ2v) is 5.47. The van der Waals surface area contributed by atoms with Gasteiger partial charge < -0.3 is 9.64 Å². The maximum Gasteiger partial charge on any atom is 0.258 e. The molecule has 3 nitrogen and oxygen atoms in total. The van der Waals surface area contributed by atoms with E-state index in [9.17, 15) is 4.79 Å². The van der Waals surface area contributed by atoms with Crippen LogP contribution < -0.4 is 9.64 Å². The summed E-state index contributed by atoms with van der Waals surface area (Å²) in [7, 11) is 0. The molecule has 0 saturated heterocycles. The molecular weight excluding hydrogens is 286 g/mol. The SMILES string of the molecule is CCC1CN(C(=O)c2ccc(Cl)cc2)c2ccccc2O1. The highest BCUT2D eigenvalue weighted by Gasteiger charge is 2.29. The Hall–Kier alpha value is -2.00. The lowest BCUT2D eigenvalue weighted by Crippen LogP contribution is -2.43. The predicted molar refractivity (Wildman–Crippen MR) is 84.3 cm³/mol. The lowest BCUT2D eigenvalue weighted by atomic mass is 10.1. The Balaban J connectivity index is 1.97. The van der Waals surface area contributed by atoms with Crippen molar-refractivity contribution < 1.29 is 9.53 Å². The summed E-state index contributed by atoms with van der Waals surface area (Å²) in [4.78, 5) is 14.6. The largest absolute Gasteiger partial charge is 0.486 e. The van der Waals surface area contributed by atoms with Crippen molar-refractivity contribution in [3.05, 3.63) is 59.1 Å². The minimum Gasteiger partial charge on any atom is -0.486 e. The third-order valence-electron chi connectivity index (χ3n) is 3.63. The summed E-state index contributed by atoms with van der Waals surface area (Å²) in [6.45, 7) is 2.62. The predicted octanol–water partition coefficient (Wildman–Crippen LogP) is 4.16. The monoisotopic (exact) mass is 301 g/mol. The third kappa shape index (κ3) is 2.74. The number of halogens is 1. The molecule has 0 spiro atoms. The van der Waals surface area contributed by atoms with E-state index in [1.54, 1.807) is 29.2 Å². The van der Waals surface area contributed by atoms with E-state index in [2.05, 4.69) is 6.92 Å². The first kappa shape index (κ1) is 14.0. The van der Waals surface area contributed by atoms with Crippen LogP contribution in [0.2, 0.25) is 5.02 Å². The minimum absolute atomic E-state index is 0.0242. The number of ether oxygens (including phenoxy) is 1. The van der Waals surface area contributed by atoms with Gasteiger partial charge in [-0.05, 0) is 42.8 Å². The molecule has 3 rings (SSSR count). The highest BCUT2D eigenvalue weighted by Crippen LogP contribution is 2.34. The zero-order valence-corrected chi connectivity index (χ0v) is 12.5. The molecule has 0 aliphatic carbocycles. The van der Waals surface area contributed by atoms with Crippen molar-refractivity contribution in [1.82, 2.24) is 0 Å². The molecular formula is C17H16ClNO2. The van der Waals surface area contributed by atoms with Gasteiger partial charge in [0.25, 0.3) is 5.91 Å². The van der Waals surface area contributed by atoms with Crippen LogP contribution in [0.15, 0.2) is 48.5 Å². The number of carbonyl (C=O) groups is 1. The average Bonchev–Trinajstić information content (AvgIpc) is 2.53. The van der Waals surface area contributed by atoms with Gasteiger partial charge in [-0.2, -0.15) is 0 Å². The maximum atomic E-state index is 12.8. The number of carbonyl (C=O) groups excluding carboxylic acids is 1. The summed E-state index contributed by atoms with van der Waals surface area (Å²) in [5.41, 5.74) is 1.45. The fourth-order valence-corrected chi connectivity index (χ4v) is 2.58. The number of anilines is 1. The number of nitrogens with zero attached hydrogens (tertiary/aromatic N) is 1. The number of benzene rings is 2. The molecule has 1 aliphatic heterocycles. The van der Waals surface area contributed by atoms with Crippen LogP contribution in [0, 0.1) is 0 Å². The van der Waals surface area contributed by atoms with Gasteiger partial charge in [-0.25, -0.2) is 0 Å². The normalized spacial score (nSPS) is 17.0. The summed E-state index contributed by atoms with van der Waals surface area (Å²) < 4.78 is 5.90. The first-order valence-electron chi connectivity index (χ1n) is 7.02. The Morgan fingerprint density at radius 1 is 1.24 bits per heavy atom. The average molecular weight is 302 g/mol. The number of rotatable bonds is 2. The van der Waals surface area contributed by atoms with Gasteiger partial charge >= 0.3 is 0 Å². The number of para-hydroxylation sites is 2. The van der Waals surface area contributed by atoms with Crippen molar-refractivity contribution in [3.8, 4) is 5.75 Å². The van der Waals surface area contributed by atoms with E-state index in [1.807, 2.05) is 24.3 Å². The van der Waals surface area contributed by atoms with Crippen molar-refractivity contribution >= 4 is 23.2 Å². The number of amides is 1. The summed E-state index contributed by atoms with van der Waals surface area (Å²) in [5, 5.41) is 0.625. The molecule has 1 heterocycles. The first-order valence-corrected chi connectivity index (χ1v) is 7.40. The smallest absolute Gasteiger partial charge is 0.258 e. The molecule has 0 N–H and O–H groups in total. The molecule has 0 bridgehead atoms. The Bertz CT molecular complexity index is 654. The second-order valence-electron chi connectivity index (χ2n) is 5.04. The van der Waals surface area contributed by atoms with Gasteiger partial charge in [-0.15, -0.1) is 0 Å². The fourth-order valence-electron chi connectivity index (χ4n) is 2.45. The molecule has 2 aromatic carbocycles. The fraction of sp³-hybridized carbons (Fsp3) is 0.235. The molecule has 1 amide bonds. The van der Waals surface area contributed by atoms with Gasteiger partial charge in [0.15, 0.2) is 0 Å². The third-order valence-corrected chi connectivity index (χ3v) is 3.88. The van der Waals surface area contributed by atoms with Crippen LogP contribution in [-0.4, -0.2) is 18.6 Å². The Labute approximate surface area is 129 Å². The van der Waals surface area contributed by atoms with Crippen LogP contribution in [0.3, 0.4) is 0 Å². The van der Waals surface area contributed by atoms with Crippen molar-refractivity contribution in [2.45, 2.75) is 19.4 Å². The molecule has 0 aromatic heterocycles. The summed E-state index contributed by atoms with van der Waals surface area (Å²) >= 11 is 5.88. The van der Waals surface area contributed by atoms with E-state index in [1.165, 1.54) is 0 Å². The first-order chi connectivity index (χ1) is 10.2. The van der Waals surface area contributed by atoms with E-state index < -0.39 is 0 Å². The highest BCUT2D eigenvalue weighted by atomic mass is 35.5. The van der Waals surface area contributed by atoms with Gasteiger partial charge in [0.2, 0.25) is 0 Å². The molecule has 2 aromatic rings. The summed E-state index contributed by atoms with van der Waals surface area (Å²) in [6, 6.07) is 14.6. The van der Waals surface area contributed by atoms with Crippen LogP contribution in [-0.2, 0) is 0 Å². The van der Waals surface area contributed by atoms with Crippen LogP contribution in [0.4, 0.5) is 5.69 Å². The number of hydrogen-bond donors (Lipinski definition) is 0.